The molecule has 1 amide bonds. The van der Waals surface area contributed by atoms with Gasteiger partial charge in [0.25, 0.3) is 11.7 Å². The molecule has 0 aliphatic carbocycles. The van der Waals surface area contributed by atoms with Gasteiger partial charge in [-0.3, -0.25) is 4.79 Å². The number of nitrogens with one attached hydrogen (secondary N) is 1. The number of carbonyl (C=O) groups excluding carboxylic acids is 1. The highest BCUT2D eigenvalue weighted by molar-refractivity contribution is 7.94. The number of amides is 1. The van der Waals surface area contributed by atoms with E-state index in [0.29, 0.717) is 60.0 Å². The first-order valence-electron chi connectivity index (χ1n) is 13.4. The second kappa shape index (κ2) is 15.6. The van der Waals surface area contributed by atoms with Crippen LogP contribution in [0.25, 0.3) is 11.1 Å². The number of ether oxygens (including phenoxy) is 1. The van der Waals surface area contributed by atoms with Crippen molar-refractivity contribution in [3.8, 4) is 22.6 Å². The fourth-order valence-electron chi connectivity index (χ4n) is 4.11. The Labute approximate surface area is 247 Å². The topological polar surface area (TPSA) is 133 Å². The molecule has 3 aromatic carbocycles. The number of phenols is 1. The van der Waals surface area contributed by atoms with Gasteiger partial charge in [-0.2, -0.15) is 5.43 Å². The monoisotopic (exact) mass is 590 g/mol. The zero-order valence-electron chi connectivity index (χ0n) is 23.0. The van der Waals surface area contributed by atoms with E-state index in [4.69, 9.17) is 4.74 Å². The van der Waals surface area contributed by atoms with E-state index >= 15 is 0 Å². The number of nitrogens with zero attached hydrogens (tertiary/aromatic N) is 2. The van der Waals surface area contributed by atoms with E-state index in [1.54, 1.807) is 54.1 Å². The lowest BCUT2D eigenvalue weighted by atomic mass is 10.00. The number of aryl methyl sites for hydroxylation is 1. The molecule has 4 rings (SSSR count). The number of pyridine rings is 1. The van der Waals surface area contributed by atoms with Gasteiger partial charge in [0.05, 0.1) is 18.4 Å². The van der Waals surface area contributed by atoms with Gasteiger partial charge in [0.2, 0.25) is 0 Å². The van der Waals surface area contributed by atoms with E-state index in [1.165, 1.54) is 18.3 Å². The van der Waals surface area contributed by atoms with Gasteiger partial charge in [0.15, 0.2) is 0 Å². The van der Waals surface area contributed by atoms with Crippen LogP contribution in [0.3, 0.4) is 0 Å². The van der Waals surface area contributed by atoms with Crippen LogP contribution in [-0.4, -0.2) is 35.4 Å². The standard InChI is InChI=1S/C31H31FN4O5S/c1-2-21-17-26(22-9-12-25(32)13-10-22)27(37)18-28(21)40-16-6-5-15-33-31(38)24-11-14-30(34-19-24)36-35-20-23-7-3-4-8-29(23)42-41-39/h3-4,7-14,17-20,37,39H,2,5-6,15-16H2,1H3,(H,33,38)(H,34,36)/b35-20+. The van der Waals surface area contributed by atoms with E-state index in [1.807, 2.05) is 25.1 Å². The maximum Gasteiger partial charge on any atom is 0.252 e. The summed E-state index contributed by atoms with van der Waals surface area (Å²) in [6.45, 7) is 2.90. The SMILES string of the molecule is CCc1cc(-c2ccc(F)cc2)c(O)cc1OCCCCNC(=O)c1ccc([NH2+]/N=C/c2ccccc2SO[O-])nc1. The zero-order valence-corrected chi connectivity index (χ0v) is 23.8. The fourth-order valence-corrected chi connectivity index (χ4v) is 4.53. The Hall–Kier alpha value is -4.29. The number of carbonyl (C=O) groups is 1. The predicted octanol–water partition coefficient (Wildman–Crippen LogP) is 4.27. The number of phenolic OH excluding ortho intramolecular Hbond substituents is 1. The van der Waals surface area contributed by atoms with Crippen LogP contribution in [0.1, 0.15) is 41.3 Å². The van der Waals surface area contributed by atoms with Crippen molar-refractivity contribution in [3.63, 3.8) is 0 Å². The number of hydrogen-bond acceptors (Lipinski definition) is 8. The van der Waals surface area contributed by atoms with Crippen LogP contribution in [0.5, 0.6) is 11.5 Å². The molecular formula is C31H31FN4O5S. The van der Waals surface area contributed by atoms with Gasteiger partial charge < -0.3 is 24.8 Å². The minimum Gasteiger partial charge on any atom is -0.710 e. The first-order chi connectivity index (χ1) is 20.5. The molecule has 0 aliphatic heterocycles. The van der Waals surface area contributed by atoms with Gasteiger partial charge in [-0.05, 0) is 60.7 Å². The van der Waals surface area contributed by atoms with Crippen LogP contribution in [-0.2, 0) is 10.8 Å². The number of nitrogens with two attached hydrogens (primary N) is 1. The molecule has 1 heterocycles. The Balaban J connectivity index is 1.19. The fraction of sp³-hybridized carbons (Fsp3) is 0.194. The molecule has 0 unspecified atom stereocenters. The summed E-state index contributed by atoms with van der Waals surface area (Å²) >= 11 is 0.719. The van der Waals surface area contributed by atoms with E-state index in [9.17, 15) is 19.5 Å². The minimum absolute atomic E-state index is 0.0699. The largest absolute Gasteiger partial charge is 0.710 e. The first-order valence-corrected chi connectivity index (χ1v) is 14.1. The van der Waals surface area contributed by atoms with E-state index in [2.05, 4.69) is 19.7 Å². The predicted molar refractivity (Wildman–Crippen MR) is 157 cm³/mol. The number of unbranched alkanes of at least 4 members (excludes halogenated alkanes) is 1. The highest BCUT2D eigenvalue weighted by Crippen LogP contribution is 2.36. The maximum atomic E-state index is 13.3. The molecule has 11 heteroatoms. The third-order valence-corrected chi connectivity index (χ3v) is 6.96. The van der Waals surface area contributed by atoms with E-state index in [-0.39, 0.29) is 17.5 Å². The smallest absolute Gasteiger partial charge is 0.252 e. The van der Waals surface area contributed by atoms with Crippen LogP contribution in [0.2, 0.25) is 0 Å². The van der Waals surface area contributed by atoms with Gasteiger partial charge in [-0.1, -0.05) is 42.4 Å². The van der Waals surface area contributed by atoms with Crippen molar-refractivity contribution in [3.05, 3.63) is 102 Å². The van der Waals surface area contributed by atoms with E-state index in [0.717, 1.165) is 28.7 Å². The van der Waals surface area contributed by atoms with Crippen molar-refractivity contribution >= 4 is 30.0 Å². The summed E-state index contributed by atoms with van der Waals surface area (Å²) in [6, 6.07) is 20.0. The Morgan fingerprint density at radius 3 is 2.69 bits per heavy atom. The van der Waals surface area contributed by atoms with Crippen molar-refractivity contribution in [2.75, 3.05) is 13.2 Å². The molecule has 218 valence electrons. The number of halogens is 1. The number of aromatic nitrogens is 1. The molecule has 0 saturated heterocycles. The Morgan fingerprint density at radius 1 is 1.14 bits per heavy atom. The van der Waals surface area contributed by atoms with Crippen LogP contribution in [0.15, 0.2) is 89.0 Å². The summed E-state index contributed by atoms with van der Waals surface area (Å²) in [5.41, 5.74) is 5.03. The number of quaternary nitrogens is 1. The molecule has 0 fully saturated rings. The number of benzene rings is 3. The number of aromatic hydroxyl groups is 1. The second-order valence-corrected chi connectivity index (χ2v) is 9.96. The average Bonchev–Trinajstić information content (AvgIpc) is 3.00. The summed E-state index contributed by atoms with van der Waals surface area (Å²) in [7, 11) is 0. The molecule has 0 radical (unpaired) electrons. The van der Waals surface area contributed by atoms with Gasteiger partial charge in [-0.15, -0.1) is 0 Å². The van der Waals surface area contributed by atoms with Gasteiger partial charge >= 0.3 is 0 Å². The Kier molecular flexibility index (Phi) is 11.4. The third-order valence-electron chi connectivity index (χ3n) is 6.34. The van der Waals surface area contributed by atoms with Crippen LogP contribution >= 0.6 is 12.0 Å². The van der Waals surface area contributed by atoms with Crippen molar-refractivity contribution < 1.29 is 34.0 Å². The lowest BCUT2D eigenvalue weighted by Crippen LogP contribution is -2.71. The Bertz CT molecular complexity index is 1500. The first kappa shape index (κ1) is 30.7. The summed E-state index contributed by atoms with van der Waals surface area (Å²) in [6.07, 6.45) is 5.21. The van der Waals surface area contributed by atoms with Gasteiger partial charge in [0, 0.05) is 52.9 Å². The molecule has 0 atom stereocenters. The van der Waals surface area contributed by atoms with Crippen LogP contribution < -0.4 is 20.7 Å². The quantitative estimate of drug-likeness (QED) is 0.0499. The van der Waals surface area contributed by atoms with Crippen LogP contribution in [0, 0.1) is 5.82 Å². The highest BCUT2D eigenvalue weighted by Gasteiger charge is 2.12. The number of hydrogen-bond donors (Lipinski definition) is 3. The molecule has 1 aromatic heterocycles. The van der Waals surface area contributed by atoms with Crippen molar-refractivity contribution in [1.29, 1.82) is 0 Å². The highest BCUT2D eigenvalue weighted by atomic mass is 32.2. The molecule has 4 aromatic rings. The summed E-state index contributed by atoms with van der Waals surface area (Å²) in [4.78, 5) is 17.4. The lowest BCUT2D eigenvalue weighted by Gasteiger charge is -2.14. The zero-order chi connectivity index (χ0) is 29.7. The van der Waals surface area contributed by atoms with Gasteiger partial charge in [-0.25, -0.2) is 9.37 Å². The molecular weight excluding hydrogens is 559 g/mol. The summed E-state index contributed by atoms with van der Waals surface area (Å²) in [5.74, 6) is 0.699. The molecule has 0 aliphatic rings. The average molecular weight is 591 g/mol. The normalized spacial score (nSPS) is 11.1. The van der Waals surface area contributed by atoms with Gasteiger partial charge in [0.1, 0.15) is 17.3 Å². The Morgan fingerprint density at radius 2 is 1.95 bits per heavy atom. The molecule has 0 spiro atoms. The van der Waals surface area contributed by atoms with Crippen molar-refractivity contribution in [1.82, 2.24) is 10.3 Å². The van der Waals surface area contributed by atoms with Crippen molar-refractivity contribution in [2.45, 2.75) is 31.1 Å². The summed E-state index contributed by atoms with van der Waals surface area (Å²) in [5, 5.41) is 28.1. The van der Waals surface area contributed by atoms with Crippen LogP contribution in [0.4, 0.5) is 10.2 Å². The minimum atomic E-state index is -0.330. The summed E-state index contributed by atoms with van der Waals surface area (Å²) < 4.78 is 23.1. The molecule has 9 nitrogen and oxygen atoms in total. The third kappa shape index (κ3) is 8.60. The lowest BCUT2D eigenvalue weighted by molar-refractivity contribution is -0.630. The molecule has 0 saturated carbocycles. The second-order valence-electron chi connectivity index (χ2n) is 9.22. The maximum absolute atomic E-state index is 13.3. The molecule has 4 N–H and O–H groups in total. The van der Waals surface area contributed by atoms with Crippen molar-refractivity contribution in [2.24, 2.45) is 5.10 Å². The van der Waals surface area contributed by atoms with E-state index < -0.39 is 0 Å². The molecule has 42 heavy (non-hydrogen) atoms. The number of rotatable bonds is 14. The molecule has 0 bridgehead atoms.